The van der Waals surface area contributed by atoms with Crippen molar-refractivity contribution >= 4 is 11.7 Å². The maximum Gasteiger partial charge on any atom is 0.289 e. The second kappa shape index (κ2) is 4.68. The number of ketones is 1. The molecular weight excluding hydrogens is 197 g/mol. The summed E-state index contributed by atoms with van der Waals surface area (Å²) in [7, 11) is 1.47. The highest BCUT2D eigenvalue weighted by molar-refractivity contribution is 6.34. The van der Waals surface area contributed by atoms with E-state index in [1.54, 1.807) is 18.2 Å². The number of amides is 1. The first kappa shape index (κ1) is 11.4. The van der Waals surface area contributed by atoms with E-state index in [0.717, 1.165) is 0 Å². The fraction of sp³-hybridized carbons (Fsp3) is 0.273. The largest absolute Gasteiger partial charge is 0.335 e. The lowest BCUT2D eigenvalue weighted by Crippen LogP contribution is -2.31. The van der Waals surface area contributed by atoms with Crippen LogP contribution in [0, 0.1) is 5.82 Å². The Hall–Kier alpha value is -1.71. The van der Waals surface area contributed by atoms with Gasteiger partial charge in [-0.05, 0) is 6.07 Å². The average Bonchev–Trinajstić information content (AvgIpc) is 2.20. The number of hydrogen-bond donors (Lipinski definition) is 0. The Bertz CT molecular complexity index is 390. The molecule has 0 radical (unpaired) electrons. The Kier molecular flexibility index (Phi) is 3.55. The van der Waals surface area contributed by atoms with Gasteiger partial charge in [-0.1, -0.05) is 18.2 Å². The molecule has 0 aromatic heterocycles. The number of carbonyl (C=O) groups is 2. The first-order valence-corrected chi connectivity index (χ1v) is 4.52. The van der Waals surface area contributed by atoms with E-state index in [4.69, 9.17) is 0 Å². The predicted molar refractivity (Wildman–Crippen MR) is 53.6 cm³/mol. The van der Waals surface area contributed by atoms with Crippen molar-refractivity contribution in [3.05, 3.63) is 35.6 Å². The third-order valence-electron chi connectivity index (χ3n) is 2.01. The van der Waals surface area contributed by atoms with Crippen molar-refractivity contribution in [1.29, 1.82) is 0 Å². The van der Waals surface area contributed by atoms with Gasteiger partial charge in [0.25, 0.3) is 5.91 Å². The quantitative estimate of drug-likeness (QED) is 0.705. The minimum absolute atomic E-state index is 0.102. The summed E-state index contributed by atoms with van der Waals surface area (Å²) >= 11 is 0. The number of carbonyl (C=O) groups excluding carboxylic acids is 2. The molecule has 0 saturated carbocycles. The molecule has 3 nitrogen and oxygen atoms in total. The van der Waals surface area contributed by atoms with Gasteiger partial charge in [-0.3, -0.25) is 9.59 Å². The van der Waals surface area contributed by atoms with Gasteiger partial charge in [0, 0.05) is 26.1 Å². The zero-order valence-corrected chi connectivity index (χ0v) is 8.66. The van der Waals surface area contributed by atoms with Crippen LogP contribution in [0.1, 0.15) is 12.5 Å². The van der Waals surface area contributed by atoms with Crippen LogP contribution >= 0.6 is 0 Å². The zero-order valence-electron chi connectivity index (χ0n) is 8.66. The highest BCUT2D eigenvalue weighted by atomic mass is 19.1. The van der Waals surface area contributed by atoms with E-state index in [1.165, 1.54) is 24.9 Å². The number of halogens is 1. The number of rotatable bonds is 3. The number of likely N-dealkylation sites (N-methyl/N-ethyl adjacent to an activating group) is 1. The van der Waals surface area contributed by atoms with Gasteiger partial charge in [-0.2, -0.15) is 0 Å². The maximum atomic E-state index is 13.2. The van der Waals surface area contributed by atoms with Crippen LogP contribution in [0.15, 0.2) is 24.3 Å². The Labute approximate surface area is 87.5 Å². The molecule has 0 spiro atoms. The van der Waals surface area contributed by atoms with E-state index in [1.807, 2.05) is 0 Å². The van der Waals surface area contributed by atoms with Gasteiger partial charge in [-0.15, -0.1) is 0 Å². The standard InChI is InChI=1S/C11H12FNO2/c1-8(14)11(15)13(2)7-9-5-3-4-6-10(9)12/h3-6H,7H2,1-2H3. The normalized spacial score (nSPS) is 9.80. The van der Waals surface area contributed by atoms with Crippen molar-refractivity contribution in [2.45, 2.75) is 13.5 Å². The molecule has 1 aromatic rings. The molecule has 0 aliphatic carbocycles. The summed E-state index contributed by atoms with van der Waals surface area (Å²) < 4.78 is 13.2. The van der Waals surface area contributed by atoms with E-state index in [0.29, 0.717) is 5.56 Å². The van der Waals surface area contributed by atoms with Crippen LogP contribution in [0.3, 0.4) is 0 Å². The molecule has 0 fully saturated rings. The highest BCUT2D eigenvalue weighted by Gasteiger charge is 2.14. The molecule has 0 aliphatic rings. The van der Waals surface area contributed by atoms with Crippen molar-refractivity contribution in [3.8, 4) is 0 Å². The zero-order chi connectivity index (χ0) is 11.4. The van der Waals surface area contributed by atoms with Gasteiger partial charge >= 0.3 is 0 Å². The highest BCUT2D eigenvalue weighted by Crippen LogP contribution is 2.08. The first-order valence-electron chi connectivity index (χ1n) is 4.52. The number of benzene rings is 1. The average molecular weight is 209 g/mol. The molecular formula is C11H12FNO2. The van der Waals surface area contributed by atoms with Gasteiger partial charge in [-0.25, -0.2) is 4.39 Å². The third kappa shape index (κ3) is 2.87. The Morgan fingerprint density at radius 3 is 2.47 bits per heavy atom. The fourth-order valence-corrected chi connectivity index (χ4v) is 1.22. The predicted octanol–water partition coefficient (Wildman–Crippen LogP) is 1.37. The number of nitrogens with zero attached hydrogens (tertiary/aromatic N) is 1. The van der Waals surface area contributed by atoms with E-state index in [-0.39, 0.29) is 12.4 Å². The fourth-order valence-electron chi connectivity index (χ4n) is 1.22. The van der Waals surface area contributed by atoms with Gasteiger partial charge in [0.2, 0.25) is 5.78 Å². The third-order valence-corrected chi connectivity index (χ3v) is 2.01. The van der Waals surface area contributed by atoms with Crippen molar-refractivity contribution in [3.63, 3.8) is 0 Å². The minimum Gasteiger partial charge on any atom is -0.335 e. The summed E-state index contributed by atoms with van der Waals surface area (Å²) in [5.74, 6) is -1.53. The molecule has 1 aromatic carbocycles. The van der Waals surface area contributed by atoms with E-state index < -0.39 is 11.7 Å². The molecule has 0 N–H and O–H groups in total. The second-order valence-electron chi connectivity index (χ2n) is 3.31. The van der Waals surface area contributed by atoms with Crippen LogP contribution < -0.4 is 0 Å². The van der Waals surface area contributed by atoms with Crippen LogP contribution in [-0.4, -0.2) is 23.6 Å². The van der Waals surface area contributed by atoms with Crippen molar-refractivity contribution in [2.75, 3.05) is 7.05 Å². The SMILES string of the molecule is CC(=O)C(=O)N(C)Cc1ccccc1F. The maximum absolute atomic E-state index is 13.2. The van der Waals surface area contributed by atoms with Crippen molar-refractivity contribution < 1.29 is 14.0 Å². The van der Waals surface area contributed by atoms with Crippen LogP contribution in [0.25, 0.3) is 0 Å². The van der Waals surface area contributed by atoms with Crippen LogP contribution in [-0.2, 0) is 16.1 Å². The van der Waals surface area contributed by atoms with Gasteiger partial charge in [0.05, 0.1) is 0 Å². The smallest absolute Gasteiger partial charge is 0.289 e. The minimum atomic E-state index is -0.613. The van der Waals surface area contributed by atoms with Gasteiger partial charge in [0.15, 0.2) is 0 Å². The van der Waals surface area contributed by atoms with Gasteiger partial charge < -0.3 is 4.90 Å². The first-order chi connectivity index (χ1) is 7.02. The van der Waals surface area contributed by atoms with E-state index in [9.17, 15) is 14.0 Å². The molecule has 1 amide bonds. The van der Waals surface area contributed by atoms with E-state index in [2.05, 4.69) is 0 Å². The van der Waals surface area contributed by atoms with Crippen molar-refractivity contribution in [2.24, 2.45) is 0 Å². The van der Waals surface area contributed by atoms with Crippen LogP contribution in [0.4, 0.5) is 4.39 Å². The Balaban J connectivity index is 2.75. The van der Waals surface area contributed by atoms with Gasteiger partial charge in [0.1, 0.15) is 5.82 Å². The molecule has 15 heavy (non-hydrogen) atoms. The molecule has 0 aliphatic heterocycles. The van der Waals surface area contributed by atoms with Crippen LogP contribution in [0.2, 0.25) is 0 Å². The monoisotopic (exact) mass is 209 g/mol. The summed E-state index contributed by atoms with van der Waals surface area (Å²) in [5.41, 5.74) is 0.398. The molecule has 80 valence electrons. The van der Waals surface area contributed by atoms with Crippen LogP contribution in [0.5, 0.6) is 0 Å². The lowest BCUT2D eigenvalue weighted by molar-refractivity contribution is -0.143. The molecule has 0 unspecified atom stereocenters. The molecule has 0 heterocycles. The molecule has 4 heteroatoms. The lowest BCUT2D eigenvalue weighted by Gasteiger charge is -2.15. The molecule has 0 bridgehead atoms. The Morgan fingerprint density at radius 2 is 1.93 bits per heavy atom. The number of hydrogen-bond acceptors (Lipinski definition) is 2. The van der Waals surface area contributed by atoms with Crippen molar-refractivity contribution in [1.82, 2.24) is 4.90 Å². The number of Topliss-reactive ketones (excluding diaryl/α,β-unsaturated/α-hetero) is 1. The summed E-state index contributed by atoms with van der Waals surface area (Å²) in [6, 6.07) is 6.16. The Morgan fingerprint density at radius 1 is 1.33 bits per heavy atom. The topological polar surface area (TPSA) is 37.4 Å². The molecule has 0 saturated heterocycles. The molecule has 1 rings (SSSR count). The summed E-state index contributed by atoms with van der Waals surface area (Å²) in [6.07, 6.45) is 0. The van der Waals surface area contributed by atoms with E-state index >= 15 is 0 Å². The summed E-state index contributed by atoms with van der Waals surface area (Å²) in [6.45, 7) is 1.30. The second-order valence-corrected chi connectivity index (χ2v) is 3.31. The molecule has 0 atom stereocenters. The summed E-state index contributed by atoms with van der Waals surface area (Å²) in [4.78, 5) is 23.2. The lowest BCUT2D eigenvalue weighted by atomic mass is 10.2. The summed E-state index contributed by atoms with van der Waals surface area (Å²) in [5, 5.41) is 0.